The highest BCUT2D eigenvalue weighted by Crippen LogP contribution is 2.29. The van der Waals surface area contributed by atoms with Gasteiger partial charge >= 0.3 is 0 Å². The second-order valence-electron chi connectivity index (χ2n) is 16.4. The van der Waals surface area contributed by atoms with Gasteiger partial charge in [0.25, 0.3) is 11.8 Å². The number of aromatic nitrogens is 8. The zero-order valence-electron chi connectivity index (χ0n) is 38.3. The Morgan fingerprint density at radius 3 is 1.66 bits per heavy atom. The minimum absolute atomic E-state index is 0.185. The van der Waals surface area contributed by atoms with E-state index in [4.69, 9.17) is 25.7 Å². The van der Waals surface area contributed by atoms with Crippen LogP contribution in [0.2, 0.25) is 0 Å². The van der Waals surface area contributed by atoms with Crippen molar-refractivity contribution >= 4 is 45.7 Å². The number of imidazole rings is 2. The van der Waals surface area contributed by atoms with Gasteiger partial charge in [-0.15, -0.1) is 0 Å². The molecular weight excluding hydrogens is 835 g/mol. The molecule has 65 heavy (non-hydrogen) atoms. The molecule has 0 radical (unpaired) electrons. The largest absolute Gasteiger partial charge is 0.494 e. The number of hydrogen-bond donors (Lipinski definition) is 2. The third-order valence-electron chi connectivity index (χ3n) is 11.9. The van der Waals surface area contributed by atoms with E-state index in [0.717, 1.165) is 30.5 Å². The average Bonchev–Trinajstić information content (AvgIpc) is 4.01. The van der Waals surface area contributed by atoms with Crippen LogP contribution in [0.4, 0.5) is 0 Å². The molecule has 20 nitrogen and oxygen atoms in total. The van der Waals surface area contributed by atoms with E-state index in [2.05, 4.69) is 27.2 Å². The topological polar surface area (TPSA) is 228 Å². The Morgan fingerprint density at radius 2 is 1.22 bits per heavy atom. The normalized spacial score (nSPS) is 14.6. The van der Waals surface area contributed by atoms with Gasteiger partial charge in [-0.2, -0.15) is 20.2 Å². The maximum Gasteiger partial charge on any atom is 0.298 e. The summed E-state index contributed by atoms with van der Waals surface area (Å²) in [4.78, 5) is 62.3. The molecule has 2 aromatic carbocycles. The number of likely N-dealkylation sites (N-methyl/N-ethyl adjacent to an activating group) is 1. The zero-order chi connectivity index (χ0) is 46.7. The lowest BCUT2D eigenvalue weighted by Gasteiger charge is -2.37. The number of aryl methyl sites for hydroxylation is 6. The first-order valence-electron chi connectivity index (χ1n) is 21.6. The summed E-state index contributed by atoms with van der Waals surface area (Å²) >= 11 is 0. The van der Waals surface area contributed by atoms with Crippen LogP contribution in [0, 0.1) is 13.8 Å². The van der Waals surface area contributed by atoms with Crippen molar-refractivity contribution in [2.45, 2.75) is 60.3 Å². The van der Waals surface area contributed by atoms with E-state index in [9.17, 15) is 19.2 Å². The molecule has 1 fully saturated rings. The lowest BCUT2D eigenvalue weighted by Crippen LogP contribution is -2.52. The highest BCUT2D eigenvalue weighted by atomic mass is 16.5. The van der Waals surface area contributed by atoms with Crippen LogP contribution in [0.1, 0.15) is 73.3 Å². The maximum atomic E-state index is 14.0. The molecule has 4 amide bonds. The molecule has 4 N–H and O–H groups in total. The number of fused-ring (bicyclic) bond motifs is 2. The summed E-state index contributed by atoms with van der Waals surface area (Å²) in [6.45, 7) is 13.2. The van der Waals surface area contributed by atoms with Gasteiger partial charge < -0.3 is 48.4 Å². The number of hydrogen-bond acceptors (Lipinski definition) is 9. The summed E-state index contributed by atoms with van der Waals surface area (Å²) in [6.07, 6.45) is 4.53. The van der Waals surface area contributed by atoms with E-state index >= 15 is 0 Å². The van der Waals surface area contributed by atoms with Crippen molar-refractivity contribution in [1.82, 2.24) is 37.8 Å². The van der Waals surface area contributed by atoms with Crippen LogP contribution < -0.4 is 32.2 Å². The molecule has 0 saturated carbocycles. The van der Waals surface area contributed by atoms with Crippen molar-refractivity contribution in [3.63, 3.8) is 0 Å². The van der Waals surface area contributed by atoms with Crippen LogP contribution in [0.5, 0.6) is 11.5 Å². The summed E-state index contributed by atoms with van der Waals surface area (Å²) in [7, 11) is 7.22. The molecule has 0 aliphatic carbocycles. The number of primary amides is 2. The number of rotatable bonds is 16. The van der Waals surface area contributed by atoms with E-state index in [-0.39, 0.29) is 35.5 Å². The van der Waals surface area contributed by atoms with Gasteiger partial charge in [-0.25, -0.2) is 0 Å². The van der Waals surface area contributed by atoms with Crippen molar-refractivity contribution in [3.8, 4) is 11.5 Å². The highest BCUT2D eigenvalue weighted by Gasteiger charge is 2.26. The van der Waals surface area contributed by atoms with Crippen molar-refractivity contribution in [2.24, 2.45) is 35.5 Å². The van der Waals surface area contributed by atoms with Crippen LogP contribution in [0.3, 0.4) is 0 Å². The second-order valence-corrected chi connectivity index (χ2v) is 16.4. The number of amides is 4. The van der Waals surface area contributed by atoms with Gasteiger partial charge in [0.05, 0.1) is 62.9 Å². The van der Waals surface area contributed by atoms with Gasteiger partial charge in [-0.1, -0.05) is 12.2 Å². The van der Waals surface area contributed by atoms with E-state index in [1.165, 1.54) is 7.11 Å². The number of nitrogens with two attached hydrogens (primary N) is 2. The van der Waals surface area contributed by atoms with Gasteiger partial charge in [0.2, 0.25) is 23.1 Å². The molecule has 0 bridgehead atoms. The fourth-order valence-corrected chi connectivity index (χ4v) is 8.39. The van der Waals surface area contributed by atoms with Gasteiger partial charge in [0.1, 0.15) is 47.0 Å². The minimum Gasteiger partial charge on any atom is -0.494 e. The molecule has 20 heteroatoms. The molecule has 344 valence electrons. The van der Waals surface area contributed by atoms with Crippen LogP contribution in [-0.4, -0.2) is 120 Å². The van der Waals surface area contributed by atoms with Crippen LogP contribution in [0.25, 0.3) is 22.1 Å². The summed E-state index contributed by atoms with van der Waals surface area (Å²) in [5.41, 5.74) is 16.9. The number of nitrogens with zero attached hydrogens (tertiary/aromatic N) is 11. The maximum absolute atomic E-state index is 14.0. The molecule has 0 spiro atoms. The predicted molar refractivity (Wildman–Crippen MR) is 241 cm³/mol. The summed E-state index contributed by atoms with van der Waals surface area (Å²) in [5, 5.41) is 8.89. The molecule has 7 rings (SSSR count). The Bertz CT molecular complexity index is 3000. The van der Waals surface area contributed by atoms with Crippen LogP contribution in [0.15, 0.2) is 58.5 Å². The fraction of sp³-hybridized carbons (Fsp3) is 0.422. The Kier molecular flexibility index (Phi) is 13.4. The number of methoxy groups -OCH3 is 1. The standard InChI is InChI=1S/C45H57N13O7/c1-9-56-34(22-28(3)50-56)42(61)48-44-52(5)32-24-30(40(46)59)26-36(63-8)38(32)54(44)14-11-12-15-55-39-33(53(6)45(55)49-43(62)35-23-29(4)51-57(35)10-2)25-31(41(47)60)27-37(39)65-19-13-16-58(7)17-20-64-21-18-58/h11-12,22-27H,9-10,13-21H2,1-8H3,(H3-,46,47,59,60)/p+1/b12-11+,48-44+,49-45+. The number of benzene rings is 2. The molecule has 1 saturated heterocycles. The van der Waals surface area contributed by atoms with Crippen molar-refractivity contribution in [1.29, 1.82) is 0 Å². The Balaban J connectivity index is 1.34. The van der Waals surface area contributed by atoms with Crippen molar-refractivity contribution in [2.75, 3.05) is 53.6 Å². The Hall–Kier alpha value is -7.06. The van der Waals surface area contributed by atoms with E-state index < -0.39 is 23.6 Å². The van der Waals surface area contributed by atoms with Gasteiger partial charge in [0.15, 0.2) is 0 Å². The zero-order valence-corrected chi connectivity index (χ0v) is 38.3. The Morgan fingerprint density at radius 1 is 0.754 bits per heavy atom. The molecule has 1 aliphatic rings. The molecule has 1 aliphatic heterocycles. The van der Waals surface area contributed by atoms with E-state index in [1.807, 2.05) is 49.0 Å². The Labute approximate surface area is 375 Å². The lowest BCUT2D eigenvalue weighted by atomic mass is 10.1. The number of quaternary nitrogens is 1. The first kappa shape index (κ1) is 45.9. The van der Waals surface area contributed by atoms with E-state index in [1.54, 1.807) is 69.0 Å². The van der Waals surface area contributed by atoms with Crippen molar-refractivity contribution in [3.05, 3.63) is 93.7 Å². The quantitative estimate of drug-likeness (QED) is 0.0826. The predicted octanol–water partition coefficient (Wildman–Crippen LogP) is 2.51. The molecule has 5 heterocycles. The number of ether oxygens (including phenoxy) is 3. The number of morpholine rings is 1. The van der Waals surface area contributed by atoms with Gasteiger partial charge in [-0.05, 0) is 64.1 Å². The third kappa shape index (κ3) is 9.30. The summed E-state index contributed by atoms with van der Waals surface area (Å²) in [5.74, 6) is -1.52. The number of carbonyl (C=O) groups is 4. The third-order valence-corrected chi connectivity index (χ3v) is 11.9. The molecule has 0 atom stereocenters. The lowest BCUT2D eigenvalue weighted by molar-refractivity contribution is -0.917. The SMILES string of the molecule is CCn1nc(C)cc1C(=O)/N=c1\n(C)c2cc(C(N)=O)cc(OC)c2n1C/C=C/Cn1/c(=N/C(=O)c2cc(C)nn2CC)n(C)c2cc(C(N)=O)cc(OCCC[N+]3(C)CCOCC3)c21. The van der Waals surface area contributed by atoms with Crippen molar-refractivity contribution < 1.29 is 37.9 Å². The second kappa shape index (κ2) is 19.0. The highest BCUT2D eigenvalue weighted by molar-refractivity contribution is 6.00. The van der Waals surface area contributed by atoms with Gasteiger partial charge in [-0.3, -0.25) is 28.5 Å². The molecule has 0 unspecified atom stereocenters. The monoisotopic (exact) mass is 892 g/mol. The summed E-state index contributed by atoms with van der Waals surface area (Å²) < 4.78 is 29.1. The first-order chi connectivity index (χ1) is 31.1. The van der Waals surface area contributed by atoms with Gasteiger partial charge in [0, 0.05) is 57.8 Å². The molecule has 4 aromatic heterocycles. The number of allylic oxidation sites excluding steroid dienone is 2. The molecular formula is C45H58N13O7+. The minimum atomic E-state index is -0.644. The summed E-state index contributed by atoms with van der Waals surface area (Å²) in [6, 6.07) is 9.88. The first-order valence-corrected chi connectivity index (χ1v) is 21.6. The molecule has 6 aromatic rings. The van der Waals surface area contributed by atoms with Crippen LogP contribution in [-0.2, 0) is 45.0 Å². The van der Waals surface area contributed by atoms with E-state index in [0.29, 0.717) is 89.3 Å². The van der Waals surface area contributed by atoms with Crippen LogP contribution >= 0.6 is 0 Å². The fourth-order valence-electron chi connectivity index (χ4n) is 8.39. The smallest absolute Gasteiger partial charge is 0.298 e. The average molecular weight is 893 g/mol. The number of carbonyl (C=O) groups excluding carboxylic acids is 4.